The lowest BCUT2D eigenvalue weighted by Gasteiger charge is -2.06. The third-order valence-electron chi connectivity index (χ3n) is 5.72. The highest BCUT2D eigenvalue weighted by molar-refractivity contribution is 7.14. The van der Waals surface area contributed by atoms with Gasteiger partial charge in [0.05, 0.1) is 5.52 Å². The van der Waals surface area contributed by atoms with Crippen molar-refractivity contribution in [3.05, 3.63) is 71.7 Å². The first-order valence-corrected chi connectivity index (χ1v) is 11.7. The Morgan fingerprint density at radius 2 is 2.00 bits per heavy atom. The number of hydrogen-bond donors (Lipinski definition) is 3. The summed E-state index contributed by atoms with van der Waals surface area (Å²) in [5.74, 6) is 0.606. The van der Waals surface area contributed by atoms with Crippen molar-refractivity contribution >= 4 is 33.4 Å². The minimum Gasteiger partial charge on any atom is -0.321 e. The van der Waals surface area contributed by atoms with Crippen molar-refractivity contribution in [3.8, 4) is 33.1 Å². The number of fused-ring (bicyclic) bond motifs is 2. The SMILES string of the molecule is CCNCc1cncc(-c2ccc3[nH]nc(-c4nc5c(-c6ccc(F)s6)ccnc5[nH]4)c3c2)c1. The van der Waals surface area contributed by atoms with E-state index in [1.54, 1.807) is 12.3 Å². The van der Waals surface area contributed by atoms with Crippen LogP contribution < -0.4 is 5.32 Å². The first-order chi connectivity index (χ1) is 16.7. The Balaban J connectivity index is 1.44. The van der Waals surface area contributed by atoms with Gasteiger partial charge in [-0.15, -0.1) is 11.3 Å². The van der Waals surface area contributed by atoms with E-state index in [1.165, 1.54) is 6.07 Å². The molecule has 0 atom stereocenters. The number of H-pyrrole nitrogens is 2. The molecule has 0 amide bonds. The van der Waals surface area contributed by atoms with Gasteiger partial charge < -0.3 is 10.3 Å². The second-order valence-corrected chi connectivity index (χ2v) is 8.97. The van der Waals surface area contributed by atoms with Crippen molar-refractivity contribution in [1.82, 2.24) is 35.5 Å². The average Bonchev–Trinajstić information content (AvgIpc) is 3.59. The number of rotatable bonds is 6. The molecular weight excluding hydrogens is 449 g/mol. The maximum absolute atomic E-state index is 13.6. The van der Waals surface area contributed by atoms with E-state index < -0.39 is 0 Å². The first-order valence-electron chi connectivity index (χ1n) is 10.9. The third kappa shape index (κ3) is 3.64. The molecule has 0 spiro atoms. The van der Waals surface area contributed by atoms with Crippen LogP contribution in [0.25, 0.3) is 55.2 Å². The normalized spacial score (nSPS) is 11.6. The van der Waals surface area contributed by atoms with Crippen LogP contribution in [0.2, 0.25) is 0 Å². The Morgan fingerprint density at radius 1 is 1.06 bits per heavy atom. The van der Waals surface area contributed by atoms with Crippen molar-refractivity contribution in [2.75, 3.05) is 6.54 Å². The monoisotopic (exact) mass is 469 g/mol. The standard InChI is InChI=1S/C25H20FN7S/c1-2-27-11-14-9-16(13-28-12-14)15-3-4-19-18(10-15)23(33-32-19)25-30-22-17(7-8-29-24(22)31-25)20-5-6-21(26)34-20/h3-10,12-13,27H,2,11H2,1H3,(H,32,33)(H,29,30,31). The number of thiophene rings is 1. The van der Waals surface area contributed by atoms with Crippen LogP contribution in [0, 0.1) is 5.13 Å². The summed E-state index contributed by atoms with van der Waals surface area (Å²) in [6.07, 6.45) is 5.45. The van der Waals surface area contributed by atoms with Gasteiger partial charge in [0.25, 0.3) is 0 Å². The molecule has 34 heavy (non-hydrogen) atoms. The van der Waals surface area contributed by atoms with Gasteiger partial charge in [-0.3, -0.25) is 10.1 Å². The number of imidazole rings is 1. The molecular formula is C25H20FN7S. The van der Waals surface area contributed by atoms with E-state index in [9.17, 15) is 4.39 Å². The summed E-state index contributed by atoms with van der Waals surface area (Å²) in [5.41, 5.74) is 6.99. The van der Waals surface area contributed by atoms with E-state index in [-0.39, 0.29) is 5.13 Å². The van der Waals surface area contributed by atoms with Crippen LogP contribution in [-0.4, -0.2) is 36.7 Å². The van der Waals surface area contributed by atoms with E-state index >= 15 is 0 Å². The van der Waals surface area contributed by atoms with Gasteiger partial charge in [0.1, 0.15) is 11.2 Å². The molecule has 0 aliphatic heterocycles. The van der Waals surface area contributed by atoms with Gasteiger partial charge in [0.15, 0.2) is 16.6 Å². The lowest BCUT2D eigenvalue weighted by Crippen LogP contribution is -2.11. The van der Waals surface area contributed by atoms with Gasteiger partial charge in [0.2, 0.25) is 0 Å². The van der Waals surface area contributed by atoms with Gasteiger partial charge in [-0.25, -0.2) is 9.97 Å². The quantitative estimate of drug-likeness (QED) is 0.298. The van der Waals surface area contributed by atoms with Crippen molar-refractivity contribution in [3.63, 3.8) is 0 Å². The zero-order chi connectivity index (χ0) is 23.1. The summed E-state index contributed by atoms with van der Waals surface area (Å²) < 4.78 is 13.6. The predicted molar refractivity (Wildman–Crippen MR) is 133 cm³/mol. The number of benzene rings is 1. The minimum atomic E-state index is -0.231. The van der Waals surface area contributed by atoms with Crippen LogP contribution in [0.4, 0.5) is 4.39 Å². The van der Waals surface area contributed by atoms with Gasteiger partial charge in [0, 0.05) is 46.5 Å². The molecule has 0 bridgehead atoms. The van der Waals surface area contributed by atoms with Crippen LogP contribution in [-0.2, 0) is 6.54 Å². The van der Waals surface area contributed by atoms with Crippen molar-refractivity contribution in [2.24, 2.45) is 0 Å². The second kappa shape index (κ2) is 8.44. The van der Waals surface area contributed by atoms with E-state index in [0.29, 0.717) is 22.7 Å². The summed E-state index contributed by atoms with van der Waals surface area (Å²) >= 11 is 1.09. The molecule has 3 N–H and O–H groups in total. The largest absolute Gasteiger partial charge is 0.321 e. The molecule has 6 aromatic rings. The second-order valence-electron chi connectivity index (χ2n) is 7.94. The Hall–Kier alpha value is -3.95. The molecule has 5 aromatic heterocycles. The van der Waals surface area contributed by atoms with E-state index in [2.05, 4.69) is 55.6 Å². The Labute approximate surface area is 198 Å². The fourth-order valence-electron chi connectivity index (χ4n) is 4.07. The Bertz CT molecular complexity index is 1630. The molecule has 168 valence electrons. The van der Waals surface area contributed by atoms with Gasteiger partial charge in [-0.05, 0) is 54.1 Å². The summed E-state index contributed by atoms with van der Waals surface area (Å²) in [7, 11) is 0. The molecule has 6 rings (SSSR count). The van der Waals surface area contributed by atoms with E-state index in [4.69, 9.17) is 4.98 Å². The highest BCUT2D eigenvalue weighted by atomic mass is 32.1. The van der Waals surface area contributed by atoms with Crippen LogP contribution >= 0.6 is 11.3 Å². The number of aromatic amines is 2. The Kier molecular flexibility index (Phi) is 5.12. The molecule has 0 unspecified atom stereocenters. The number of halogens is 1. The van der Waals surface area contributed by atoms with Crippen molar-refractivity contribution in [2.45, 2.75) is 13.5 Å². The number of aromatic nitrogens is 6. The van der Waals surface area contributed by atoms with Gasteiger partial charge in [-0.2, -0.15) is 9.49 Å². The van der Waals surface area contributed by atoms with E-state index in [1.807, 2.05) is 24.5 Å². The van der Waals surface area contributed by atoms with Crippen molar-refractivity contribution < 1.29 is 4.39 Å². The zero-order valence-electron chi connectivity index (χ0n) is 18.3. The molecule has 0 radical (unpaired) electrons. The van der Waals surface area contributed by atoms with Crippen LogP contribution in [0.15, 0.2) is 61.1 Å². The number of nitrogens with one attached hydrogen (secondary N) is 3. The topological polar surface area (TPSA) is 95.2 Å². The molecule has 0 saturated carbocycles. The molecule has 1 aromatic carbocycles. The molecule has 0 fully saturated rings. The molecule has 5 heterocycles. The summed E-state index contributed by atoms with van der Waals surface area (Å²) in [5, 5.41) is 11.7. The maximum Gasteiger partial charge on any atom is 0.176 e. The lowest BCUT2D eigenvalue weighted by atomic mass is 10.0. The Morgan fingerprint density at radius 3 is 2.85 bits per heavy atom. The summed E-state index contributed by atoms with van der Waals surface area (Å²) in [6.45, 7) is 3.77. The summed E-state index contributed by atoms with van der Waals surface area (Å²) in [6, 6.07) is 13.4. The first kappa shape index (κ1) is 20.6. The number of pyridine rings is 2. The molecule has 9 heteroatoms. The number of hydrogen-bond acceptors (Lipinski definition) is 6. The van der Waals surface area contributed by atoms with Gasteiger partial charge >= 0.3 is 0 Å². The fourth-order valence-corrected chi connectivity index (χ4v) is 4.82. The highest BCUT2D eigenvalue weighted by Gasteiger charge is 2.17. The third-order valence-corrected chi connectivity index (χ3v) is 6.62. The maximum atomic E-state index is 13.6. The lowest BCUT2D eigenvalue weighted by molar-refractivity contribution is 0.657. The van der Waals surface area contributed by atoms with E-state index in [0.717, 1.165) is 62.5 Å². The molecule has 0 aliphatic rings. The fraction of sp³-hybridized carbons (Fsp3) is 0.120. The van der Waals surface area contributed by atoms with Crippen LogP contribution in [0.1, 0.15) is 12.5 Å². The molecule has 7 nitrogen and oxygen atoms in total. The minimum absolute atomic E-state index is 0.231. The molecule has 0 aliphatic carbocycles. The van der Waals surface area contributed by atoms with Crippen LogP contribution in [0.3, 0.4) is 0 Å². The smallest absolute Gasteiger partial charge is 0.176 e. The van der Waals surface area contributed by atoms with Crippen molar-refractivity contribution in [1.29, 1.82) is 0 Å². The highest BCUT2D eigenvalue weighted by Crippen LogP contribution is 2.34. The average molecular weight is 470 g/mol. The summed E-state index contributed by atoms with van der Waals surface area (Å²) in [4.78, 5) is 17.7. The zero-order valence-corrected chi connectivity index (χ0v) is 19.1. The predicted octanol–water partition coefficient (Wildman–Crippen LogP) is 5.54. The van der Waals surface area contributed by atoms with Gasteiger partial charge in [-0.1, -0.05) is 13.0 Å². The molecule has 0 saturated heterocycles. The van der Waals surface area contributed by atoms with Crippen LogP contribution in [0.5, 0.6) is 0 Å². The number of nitrogens with zero attached hydrogens (tertiary/aromatic N) is 4.